The van der Waals surface area contributed by atoms with Crippen molar-refractivity contribution < 1.29 is 13.6 Å². The molecule has 2 fully saturated rings. The number of halogens is 2. The van der Waals surface area contributed by atoms with Crippen LogP contribution in [0, 0.1) is 0 Å². The van der Waals surface area contributed by atoms with Crippen molar-refractivity contribution in [3.05, 3.63) is 30.1 Å². The quantitative estimate of drug-likeness (QED) is 0.878. The molecule has 2 atom stereocenters. The van der Waals surface area contributed by atoms with E-state index in [4.69, 9.17) is 0 Å². The van der Waals surface area contributed by atoms with Gasteiger partial charge in [0.05, 0.1) is 12.6 Å². The van der Waals surface area contributed by atoms with Crippen LogP contribution in [-0.2, 0) is 4.79 Å². The van der Waals surface area contributed by atoms with Crippen molar-refractivity contribution in [3.63, 3.8) is 0 Å². The highest BCUT2D eigenvalue weighted by atomic mass is 19.3. The Labute approximate surface area is 140 Å². The SMILES string of the molecule is CC(c1ccncc1)N1CCC(NC(=O)C2CC(F)(F)CN2)CC1. The third kappa shape index (κ3) is 4.08. The molecule has 132 valence electrons. The smallest absolute Gasteiger partial charge is 0.262 e. The third-order valence-corrected chi connectivity index (χ3v) is 5.04. The van der Waals surface area contributed by atoms with Gasteiger partial charge in [0.25, 0.3) is 5.92 Å². The number of hydrogen-bond acceptors (Lipinski definition) is 4. The van der Waals surface area contributed by atoms with Gasteiger partial charge in [-0.25, -0.2) is 8.78 Å². The van der Waals surface area contributed by atoms with Gasteiger partial charge in [-0.05, 0) is 37.5 Å². The monoisotopic (exact) mass is 338 g/mol. The number of carbonyl (C=O) groups is 1. The summed E-state index contributed by atoms with van der Waals surface area (Å²) in [6.07, 6.45) is 4.86. The molecule has 0 aromatic carbocycles. The van der Waals surface area contributed by atoms with Crippen LogP contribution >= 0.6 is 0 Å². The van der Waals surface area contributed by atoms with Gasteiger partial charge >= 0.3 is 0 Å². The van der Waals surface area contributed by atoms with Crippen LogP contribution in [-0.4, -0.2) is 53.4 Å². The molecule has 2 saturated heterocycles. The van der Waals surface area contributed by atoms with Crippen molar-refractivity contribution in [2.45, 2.75) is 50.2 Å². The van der Waals surface area contributed by atoms with E-state index in [1.54, 1.807) is 12.4 Å². The summed E-state index contributed by atoms with van der Waals surface area (Å²) in [5.41, 5.74) is 1.23. The van der Waals surface area contributed by atoms with Gasteiger partial charge in [-0.3, -0.25) is 20.0 Å². The topological polar surface area (TPSA) is 57.3 Å². The fourth-order valence-corrected chi connectivity index (χ4v) is 3.49. The largest absolute Gasteiger partial charge is 0.352 e. The average molecular weight is 338 g/mol. The first kappa shape index (κ1) is 17.2. The van der Waals surface area contributed by atoms with E-state index in [1.165, 1.54) is 5.56 Å². The molecule has 2 N–H and O–H groups in total. The Bertz CT molecular complexity index is 561. The Morgan fingerprint density at radius 1 is 1.38 bits per heavy atom. The summed E-state index contributed by atoms with van der Waals surface area (Å²) in [5.74, 6) is -3.07. The number of aromatic nitrogens is 1. The number of nitrogens with zero attached hydrogens (tertiary/aromatic N) is 2. The van der Waals surface area contributed by atoms with E-state index in [-0.39, 0.29) is 11.9 Å². The number of amides is 1. The summed E-state index contributed by atoms with van der Waals surface area (Å²) in [6.45, 7) is 3.51. The van der Waals surface area contributed by atoms with Crippen LogP contribution in [0.3, 0.4) is 0 Å². The molecule has 7 heteroatoms. The number of nitrogens with one attached hydrogen (secondary N) is 2. The molecule has 2 aliphatic rings. The van der Waals surface area contributed by atoms with Crippen molar-refractivity contribution in [1.29, 1.82) is 0 Å². The van der Waals surface area contributed by atoms with Gasteiger partial charge in [0.1, 0.15) is 0 Å². The van der Waals surface area contributed by atoms with Gasteiger partial charge in [0, 0.05) is 44.0 Å². The number of rotatable bonds is 4. The molecule has 24 heavy (non-hydrogen) atoms. The van der Waals surface area contributed by atoms with E-state index in [1.807, 2.05) is 12.1 Å². The van der Waals surface area contributed by atoms with Crippen molar-refractivity contribution in [1.82, 2.24) is 20.5 Å². The summed E-state index contributed by atoms with van der Waals surface area (Å²) in [6, 6.07) is 3.64. The van der Waals surface area contributed by atoms with Crippen LogP contribution in [0.15, 0.2) is 24.5 Å². The molecule has 0 bridgehead atoms. The minimum atomic E-state index is -2.77. The Hall–Kier alpha value is -1.60. The minimum Gasteiger partial charge on any atom is -0.352 e. The van der Waals surface area contributed by atoms with Gasteiger partial charge in [-0.1, -0.05) is 0 Å². The Balaban J connectivity index is 1.46. The van der Waals surface area contributed by atoms with Crippen LogP contribution in [0.4, 0.5) is 8.78 Å². The van der Waals surface area contributed by atoms with E-state index in [0.29, 0.717) is 6.04 Å². The lowest BCUT2D eigenvalue weighted by molar-refractivity contribution is -0.124. The molecule has 0 radical (unpaired) electrons. The standard InChI is InChI=1S/C17H24F2N4O/c1-12(13-2-6-20-7-3-13)23-8-4-14(5-9-23)22-16(24)15-10-17(18,19)11-21-15/h2-3,6-7,12,14-15,21H,4-5,8-11H2,1H3,(H,22,24). The van der Waals surface area contributed by atoms with Gasteiger partial charge in [-0.15, -0.1) is 0 Å². The summed E-state index contributed by atoms with van der Waals surface area (Å²) in [4.78, 5) is 18.5. The number of carbonyl (C=O) groups excluding carboxylic acids is 1. The average Bonchev–Trinajstić information content (AvgIpc) is 2.96. The van der Waals surface area contributed by atoms with E-state index in [9.17, 15) is 13.6 Å². The highest BCUT2D eigenvalue weighted by Gasteiger charge is 2.42. The second-order valence-corrected chi connectivity index (χ2v) is 6.77. The third-order valence-electron chi connectivity index (χ3n) is 5.04. The summed E-state index contributed by atoms with van der Waals surface area (Å²) < 4.78 is 26.4. The second kappa shape index (κ2) is 7.11. The molecule has 0 spiro atoms. The van der Waals surface area contributed by atoms with Crippen molar-refractivity contribution in [2.75, 3.05) is 19.6 Å². The maximum absolute atomic E-state index is 13.2. The fourth-order valence-electron chi connectivity index (χ4n) is 3.49. The van der Waals surface area contributed by atoms with Gasteiger partial charge in [0.2, 0.25) is 5.91 Å². The van der Waals surface area contributed by atoms with Gasteiger partial charge < -0.3 is 5.32 Å². The molecular weight excluding hydrogens is 314 g/mol. The Kier molecular flexibility index (Phi) is 5.10. The predicted molar refractivity (Wildman–Crippen MR) is 86.7 cm³/mol. The normalized spacial score (nSPS) is 26.2. The maximum atomic E-state index is 13.2. The van der Waals surface area contributed by atoms with Gasteiger partial charge in [0.15, 0.2) is 0 Å². The zero-order valence-electron chi connectivity index (χ0n) is 13.8. The lowest BCUT2D eigenvalue weighted by Gasteiger charge is -2.36. The molecule has 0 aliphatic carbocycles. The number of hydrogen-bond donors (Lipinski definition) is 2. The number of alkyl halides is 2. The highest BCUT2D eigenvalue weighted by Crippen LogP contribution is 2.26. The number of piperidine rings is 1. The minimum absolute atomic E-state index is 0.0643. The second-order valence-electron chi connectivity index (χ2n) is 6.77. The number of likely N-dealkylation sites (tertiary alicyclic amines) is 1. The molecular formula is C17H24F2N4O. The van der Waals surface area contributed by atoms with Gasteiger partial charge in [-0.2, -0.15) is 0 Å². The highest BCUT2D eigenvalue weighted by molar-refractivity contribution is 5.82. The van der Waals surface area contributed by atoms with Crippen molar-refractivity contribution in [2.24, 2.45) is 0 Å². The summed E-state index contributed by atoms with van der Waals surface area (Å²) in [7, 11) is 0. The molecule has 2 unspecified atom stereocenters. The molecule has 3 rings (SSSR count). The maximum Gasteiger partial charge on any atom is 0.262 e. The van der Waals surface area contributed by atoms with Crippen LogP contribution in [0.1, 0.15) is 37.8 Å². The molecule has 1 aromatic heterocycles. The van der Waals surface area contributed by atoms with E-state index < -0.39 is 24.9 Å². The molecule has 1 aromatic rings. The zero-order valence-corrected chi connectivity index (χ0v) is 13.8. The molecule has 1 amide bonds. The molecule has 0 saturated carbocycles. The first-order valence-electron chi connectivity index (χ1n) is 8.50. The van der Waals surface area contributed by atoms with E-state index in [2.05, 4.69) is 27.4 Å². The first-order chi connectivity index (χ1) is 11.4. The lowest BCUT2D eigenvalue weighted by atomic mass is 10.00. The fraction of sp³-hybridized carbons (Fsp3) is 0.647. The summed E-state index contributed by atoms with van der Waals surface area (Å²) >= 11 is 0. The van der Waals surface area contributed by atoms with Crippen LogP contribution in [0.5, 0.6) is 0 Å². The van der Waals surface area contributed by atoms with Crippen LogP contribution < -0.4 is 10.6 Å². The van der Waals surface area contributed by atoms with Crippen molar-refractivity contribution >= 4 is 5.91 Å². The number of pyridine rings is 1. The molecule has 5 nitrogen and oxygen atoms in total. The van der Waals surface area contributed by atoms with E-state index >= 15 is 0 Å². The van der Waals surface area contributed by atoms with Crippen LogP contribution in [0.2, 0.25) is 0 Å². The van der Waals surface area contributed by atoms with E-state index in [0.717, 1.165) is 25.9 Å². The predicted octanol–water partition coefficient (Wildman–Crippen LogP) is 1.72. The summed E-state index contributed by atoms with van der Waals surface area (Å²) in [5, 5.41) is 5.53. The van der Waals surface area contributed by atoms with Crippen molar-refractivity contribution in [3.8, 4) is 0 Å². The molecule has 3 heterocycles. The zero-order chi connectivity index (χ0) is 17.2. The lowest BCUT2D eigenvalue weighted by Crippen LogP contribution is -2.49. The Morgan fingerprint density at radius 2 is 2.04 bits per heavy atom. The van der Waals surface area contributed by atoms with Crippen LogP contribution in [0.25, 0.3) is 0 Å². The first-order valence-corrected chi connectivity index (χ1v) is 8.50. The molecule has 2 aliphatic heterocycles. The Morgan fingerprint density at radius 3 is 2.62 bits per heavy atom.